The summed E-state index contributed by atoms with van der Waals surface area (Å²) in [5, 5.41) is 0. The maximum absolute atomic E-state index is 10.7. The largest absolute Gasteiger partial charge is 0.333 e. The minimum Gasteiger partial charge on any atom is -0.333 e. The van der Waals surface area contributed by atoms with Crippen molar-refractivity contribution in [3.05, 3.63) is 0 Å². The average Bonchev–Trinajstić information content (AvgIpc) is 1.89. The minimum absolute atomic E-state index is 0.00323. The molecule has 0 heterocycles. The molecule has 0 saturated carbocycles. The molecule has 7 heavy (non-hydrogen) atoms. The van der Waals surface area contributed by atoms with Crippen molar-refractivity contribution in [1.29, 1.82) is 2.86 Å². The Bertz CT molecular complexity index is 194. The summed E-state index contributed by atoms with van der Waals surface area (Å²) < 4.78 is 26.9. The molecule has 3 nitrogen and oxygen atoms in total. The lowest BCUT2D eigenvalue weighted by atomic mass is 15.9. The zero-order valence-corrected chi connectivity index (χ0v) is 6.36. The Kier molecular flexibility index (Phi) is 2.05. The third kappa shape index (κ3) is 3.47. The van der Waals surface area contributed by atoms with Crippen LogP contribution in [0.4, 0.5) is 0 Å². The van der Waals surface area contributed by atoms with E-state index in [1.807, 2.05) is 0 Å². The fourth-order valence-electron chi connectivity index (χ4n) is 0.0136. The van der Waals surface area contributed by atoms with Gasteiger partial charge in [0.25, 0.3) is 0 Å². The molecule has 0 bridgehead atoms. The molecule has 0 aliphatic heterocycles. The van der Waals surface area contributed by atoms with Crippen LogP contribution >= 0.6 is 14.1 Å². The molecule has 0 aromatic heterocycles. The predicted octanol–water partition coefficient (Wildman–Crippen LogP) is 0.835. The molecular weight excluding hydrogens is 174 g/mol. The zero-order chi connectivity index (χ0) is 7.33. The summed E-state index contributed by atoms with van der Waals surface area (Å²) in [6.07, 6.45) is 0. The van der Waals surface area contributed by atoms with Gasteiger partial charge in [0.1, 0.15) is 6.56 Å². The number of hydrogen-bond donors (Lipinski definition) is 2. The first kappa shape index (κ1) is 4.74. The van der Waals surface area contributed by atoms with Gasteiger partial charge < -0.3 is 9.45 Å². The summed E-state index contributed by atoms with van der Waals surface area (Å²) in [5.41, 5.74) is 0. The van der Waals surface area contributed by atoms with Gasteiger partial charge >= 0.3 is 0 Å². The molecule has 7 heteroatoms. The monoisotopic (exact) mass is 178 g/mol. The van der Waals surface area contributed by atoms with E-state index in [1.165, 1.54) is 0 Å². The third-order valence-electron chi connectivity index (χ3n) is 0.188. The molecule has 0 radical (unpaired) electrons. The lowest BCUT2D eigenvalue weighted by Gasteiger charge is -1.80. The van der Waals surface area contributed by atoms with Crippen LogP contribution in [-0.4, -0.2) is 15.1 Å². The van der Waals surface area contributed by atoms with E-state index in [0.717, 1.165) is 0 Å². The molecule has 0 aromatic rings. The van der Waals surface area contributed by atoms with Gasteiger partial charge in [0.2, 0.25) is 2.86 Å². The Morgan fingerprint density at radius 1 is 2.00 bits per heavy atom. The second kappa shape index (κ2) is 3.02. The van der Waals surface area contributed by atoms with Crippen molar-refractivity contribution in [2.45, 2.75) is 0 Å². The second-order valence-corrected chi connectivity index (χ2v) is 7.78. The van der Waals surface area contributed by atoms with Crippen LogP contribution in [0.1, 0.15) is 0 Å². The highest BCUT2D eigenvalue weighted by Gasteiger charge is 1.91. The molecule has 1 atom stereocenters. The Hall–Kier alpha value is 0.890. The zero-order valence-electron chi connectivity index (χ0n) is 4.94. The summed E-state index contributed by atoms with van der Waals surface area (Å²) in [6.45, 7) is -0.00323. The first-order valence-electron chi connectivity index (χ1n) is 1.88. The third-order valence-corrected chi connectivity index (χ3v) is 5.79. The summed E-state index contributed by atoms with van der Waals surface area (Å²) >= 11 is 4.33. The van der Waals surface area contributed by atoms with Gasteiger partial charge in [-0.25, -0.2) is 4.21 Å². The smallest absolute Gasteiger partial charge is 0.232 e. The van der Waals surface area contributed by atoms with Crippen LogP contribution in [0.3, 0.4) is 0 Å². The van der Waals surface area contributed by atoms with Crippen LogP contribution < -0.4 is 0 Å². The summed E-state index contributed by atoms with van der Waals surface area (Å²) in [4.78, 5) is 3.72. The fourth-order valence-corrected chi connectivity index (χ4v) is 1.10. The molecule has 1 unspecified atom stereocenters. The van der Waals surface area contributed by atoms with Gasteiger partial charge in [0.15, 0.2) is 16.6 Å². The van der Waals surface area contributed by atoms with Crippen molar-refractivity contribution >= 4 is 35.0 Å². The Labute approximate surface area is 52.1 Å². The SMILES string of the molecule is [2H]OP=S(=O)(O[2H])P=S. The summed E-state index contributed by atoms with van der Waals surface area (Å²) in [7, 11) is -3.11. The molecule has 0 spiro atoms. The van der Waals surface area contributed by atoms with E-state index in [9.17, 15) is 4.21 Å². The molecule has 2 N–H and O–H groups in total. The second-order valence-electron chi connectivity index (χ2n) is 0.597. The van der Waals surface area contributed by atoms with E-state index in [1.54, 1.807) is 0 Å². The predicted molar refractivity (Wildman–Crippen MR) is 34.2 cm³/mol. The van der Waals surface area contributed by atoms with Crippen LogP contribution in [0.5, 0.6) is 0 Å². The Morgan fingerprint density at radius 3 is 2.86 bits per heavy atom. The van der Waals surface area contributed by atoms with Gasteiger partial charge in [-0.2, -0.15) is 0 Å². The van der Waals surface area contributed by atoms with Gasteiger partial charge in [0.05, 0.1) is 0 Å². The van der Waals surface area contributed by atoms with Crippen LogP contribution in [0.25, 0.3) is 1.43 Å². The standard InChI is InChI=1S/H2O3P2S2/c1-4-7(2,3)5-6/h1H,(H,2,3)/i/hD2. The van der Waals surface area contributed by atoms with E-state index in [0.29, 0.717) is 0 Å². The Balaban J connectivity index is 4.48. The number of rotatable bonds is 3. The van der Waals surface area contributed by atoms with Crippen LogP contribution in [0.2, 0.25) is 0 Å². The average molecular weight is 178 g/mol. The van der Waals surface area contributed by atoms with Crippen molar-refractivity contribution in [1.82, 2.24) is 0 Å². The highest BCUT2D eigenvalue weighted by molar-refractivity contribution is 8.63. The highest BCUT2D eigenvalue weighted by atomic mass is 33.0. The molecule has 0 rings (SSSR count). The maximum atomic E-state index is 10.7. The Morgan fingerprint density at radius 2 is 2.71 bits per heavy atom. The van der Waals surface area contributed by atoms with E-state index >= 15 is 0 Å². The first-order chi connectivity index (χ1) is 4.18. The lowest BCUT2D eigenvalue weighted by molar-refractivity contribution is 0.573. The van der Waals surface area contributed by atoms with Crippen molar-refractivity contribution in [3.8, 4) is 0 Å². The van der Waals surface area contributed by atoms with Gasteiger partial charge in [-0.05, 0) is 11.8 Å². The van der Waals surface area contributed by atoms with E-state index in [-0.39, 0.29) is 14.1 Å². The summed E-state index contributed by atoms with van der Waals surface area (Å²) in [5.74, 6) is 0. The minimum atomic E-state index is -2.90. The molecule has 0 aromatic carbocycles. The van der Waals surface area contributed by atoms with Gasteiger partial charge in [-0.3, -0.25) is 0 Å². The highest BCUT2D eigenvalue weighted by Crippen LogP contribution is 2.14. The number of hydrogen-bond acceptors (Lipinski definition) is 4. The molecule has 0 amide bonds. The topological polar surface area (TPSA) is 57.5 Å². The molecule has 0 aliphatic rings. The van der Waals surface area contributed by atoms with Gasteiger partial charge in [-0.1, -0.05) is 0 Å². The van der Waals surface area contributed by atoms with Crippen LogP contribution in [0, 0.1) is 0 Å². The maximum Gasteiger partial charge on any atom is 0.232 e. The van der Waals surface area contributed by atoms with Gasteiger partial charge in [0, 0.05) is 0 Å². The molecule has 42 valence electrons. The van der Waals surface area contributed by atoms with E-state index in [4.69, 9.17) is 2.86 Å². The molecule has 0 aliphatic carbocycles. The van der Waals surface area contributed by atoms with E-state index in [2.05, 4.69) is 21.3 Å². The fraction of sp³-hybridized carbons (Fsp3) is 0. The normalized spacial score (nSPS) is 23.4. The molecular formula is H2O3P2S2. The molecule has 0 fully saturated rings. The van der Waals surface area contributed by atoms with Crippen LogP contribution in [0.15, 0.2) is 0 Å². The van der Waals surface area contributed by atoms with Crippen molar-refractivity contribution in [3.63, 3.8) is 0 Å². The van der Waals surface area contributed by atoms with Gasteiger partial charge in [-0.15, -0.1) is 0 Å². The lowest BCUT2D eigenvalue weighted by Crippen LogP contribution is -1.74. The first-order valence-corrected chi connectivity index (χ1v) is 6.48. The van der Waals surface area contributed by atoms with Crippen molar-refractivity contribution < 1.29 is 13.7 Å². The van der Waals surface area contributed by atoms with Crippen LogP contribution in [-0.2, 0) is 20.8 Å². The van der Waals surface area contributed by atoms with Crippen molar-refractivity contribution in [2.24, 2.45) is 0 Å². The van der Waals surface area contributed by atoms with Crippen molar-refractivity contribution in [2.75, 3.05) is 0 Å². The quantitative estimate of drug-likeness (QED) is 0.628. The summed E-state index contributed by atoms with van der Waals surface area (Å²) in [6, 6.07) is 0. The van der Waals surface area contributed by atoms with E-state index < -0.39 is 9.01 Å². The molecule has 0 saturated heterocycles.